The summed E-state index contributed by atoms with van der Waals surface area (Å²) in [5, 5.41) is 0. The number of allylic oxidation sites excluding steroid dienone is 1. The number of rotatable bonds is 0. The Morgan fingerprint density at radius 3 is 3.00 bits per heavy atom. The normalized spacial score (nSPS) is 32.8. The molecule has 1 aliphatic rings. The van der Waals surface area contributed by atoms with Gasteiger partial charge in [-0.1, -0.05) is 25.0 Å². The topological polar surface area (TPSA) is 26.0 Å². The van der Waals surface area contributed by atoms with Crippen LogP contribution in [0.15, 0.2) is 12.2 Å². The Bertz CT molecular complexity index is 96.7. The SMILES string of the molecule is N[C@@H]1/C=C/CCCCC1. The monoisotopic (exact) mass is 125 g/mol. The summed E-state index contributed by atoms with van der Waals surface area (Å²) >= 11 is 0. The Morgan fingerprint density at radius 1 is 1.22 bits per heavy atom. The summed E-state index contributed by atoms with van der Waals surface area (Å²) in [4.78, 5) is 0. The molecule has 52 valence electrons. The van der Waals surface area contributed by atoms with Crippen molar-refractivity contribution in [1.82, 2.24) is 0 Å². The molecule has 0 aromatic carbocycles. The third kappa shape index (κ3) is 2.66. The first kappa shape index (κ1) is 6.81. The average Bonchev–Trinajstić information content (AvgIpc) is 1.79. The molecule has 0 amide bonds. The van der Waals surface area contributed by atoms with Crippen LogP contribution in [-0.2, 0) is 0 Å². The molecule has 1 aliphatic carbocycles. The lowest BCUT2D eigenvalue weighted by Gasteiger charge is -2.08. The van der Waals surface area contributed by atoms with Gasteiger partial charge < -0.3 is 5.73 Å². The van der Waals surface area contributed by atoms with Gasteiger partial charge in [-0.15, -0.1) is 0 Å². The van der Waals surface area contributed by atoms with E-state index in [2.05, 4.69) is 12.2 Å². The highest BCUT2D eigenvalue weighted by molar-refractivity contribution is 4.92. The molecular formula is C8H15N. The Morgan fingerprint density at radius 2 is 2.11 bits per heavy atom. The summed E-state index contributed by atoms with van der Waals surface area (Å²) in [6.07, 6.45) is 10.8. The van der Waals surface area contributed by atoms with Crippen LogP contribution in [0.1, 0.15) is 32.1 Å². The van der Waals surface area contributed by atoms with Gasteiger partial charge in [-0.2, -0.15) is 0 Å². The predicted molar refractivity (Wildman–Crippen MR) is 40.2 cm³/mol. The Labute approximate surface area is 56.9 Å². The van der Waals surface area contributed by atoms with Gasteiger partial charge in [0.1, 0.15) is 0 Å². The van der Waals surface area contributed by atoms with E-state index in [1.807, 2.05) is 0 Å². The highest BCUT2D eigenvalue weighted by atomic mass is 14.6. The fourth-order valence-corrected chi connectivity index (χ4v) is 1.19. The van der Waals surface area contributed by atoms with Crippen LogP contribution < -0.4 is 5.73 Å². The first-order valence-electron chi connectivity index (χ1n) is 3.82. The molecule has 0 spiro atoms. The van der Waals surface area contributed by atoms with E-state index in [-0.39, 0.29) is 0 Å². The fraction of sp³-hybridized carbons (Fsp3) is 0.750. The number of hydrogen-bond donors (Lipinski definition) is 1. The third-order valence-corrected chi connectivity index (χ3v) is 1.79. The first-order chi connectivity index (χ1) is 4.39. The predicted octanol–water partition coefficient (Wildman–Crippen LogP) is 1.83. The van der Waals surface area contributed by atoms with Crippen molar-refractivity contribution in [2.75, 3.05) is 0 Å². The molecule has 0 aromatic heterocycles. The minimum Gasteiger partial charge on any atom is -0.324 e. The Kier molecular flexibility index (Phi) is 2.78. The van der Waals surface area contributed by atoms with Crippen molar-refractivity contribution in [3.8, 4) is 0 Å². The largest absolute Gasteiger partial charge is 0.324 e. The second-order valence-electron chi connectivity index (χ2n) is 2.73. The van der Waals surface area contributed by atoms with Crippen molar-refractivity contribution < 1.29 is 0 Å². The van der Waals surface area contributed by atoms with Crippen LogP contribution in [-0.4, -0.2) is 6.04 Å². The van der Waals surface area contributed by atoms with Gasteiger partial charge in [0.05, 0.1) is 0 Å². The van der Waals surface area contributed by atoms with Crippen LogP contribution in [0, 0.1) is 0 Å². The third-order valence-electron chi connectivity index (χ3n) is 1.79. The smallest absolute Gasteiger partial charge is 0.0223 e. The first-order valence-corrected chi connectivity index (χ1v) is 3.82. The van der Waals surface area contributed by atoms with Crippen LogP contribution in [0.4, 0.5) is 0 Å². The van der Waals surface area contributed by atoms with E-state index in [4.69, 9.17) is 5.73 Å². The summed E-state index contributed by atoms with van der Waals surface area (Å²) < 4.78 is 0. The highest BCUT2D eigenvalue weighted by Gasteiger charge is 1.98. The lowest BCUT2D eigenvalue weighted by molar-refractivity contribution is 0.593. The second-order valence-corrected chi connectivity index (χ2v) is 2.73. The molecule has 2 N–H and O–H groups in total. The van der Waals surface area contributed by atoms with Gasteiger partial charge in [-0.3, -0.25) is 0 Å². The molecule has 1 atom stereocenters. The minimum atomic E-state index is 0.338. The lowest BCUT2D eigenvalue weighted by Crippen LogP contribution is -2.16. The quantitative estimate of drug-likeness (QED) is 0.491. The summed E-state index contributed by atoms with van der Waals surface area (Å²) in [6, 6.07) is 0.338. The summed E-state index contributed by atoms with van der Waals surface area (Å²) in [7, 11) is 0. The molecule has 0 unspecified atom stereocenters. The molecule has 0 fully saturated rings. The van der Waals surface area contributed by atoms with E-state index < -0.39 is 0 Å². The van der Waals surface area contributed by atoms with E-state index in [1.54, 1.807) is 0 Å². The van der Waals surface area contributed by atoms with Crippen molar-refractivity contribution in [2.24, 2.45) is 5.73 Å². The Balaban J connectivity index is 2.30. The fourth-order valence-electron chi connectivity index (χ4n) is 1.19. The number of nitrogens with two attached hydrogens (primary N) is 1. The molecule has 1 heteroatoms. The molecule has 0 radical (unpaired) electrons. The van der Waals surface area contributed by atoms with Crippen LogP contribution in [0.5, 0.6) is 0 Å². The molecule has 9 heavy (non-hydrogen) atoms. The summed E-state index contributed by atoms with van der Waals surface area (Å²) in [5.74, 6) is 0. The maximum Gasteiger partial charge on any atom is 0.0223 e. The van der Waals surface area contributed by atoms with Gasteiger partial charge in [-0.05, 0) is 19.3 Å². The zero-order valence-corrected chi connectivity index (χ0v) is 5.84. The lowest BCUT2D eigenvalue weighted by atomic mass is 10.0. The molecule has 0 heterocycles. The minimum absolute atomic E-state index is 0.338. The van der Waals surface area contributed by atoms with Crippen LogP contribution in [0.3, 0.4) is 0 Å². The molecular weight excluding hydrogens is 110 g/mol. The van der Waals surface area contributed by atoms with E-state index >= 15 is 0 Å². The van der Waals surface area contributed by atoms with Crippen molar-refractivity contribution in [1.29, 1.82) is 0 Å². The van der Waals surface area contributed by atoms with E-state index in [0.29, 0.717) is 6.04 Å². The van der Waals surface area contributed by atoms with Crippen LogP contribution in [0.2, 0.25) is 0 Å². The molecule has 1 rings (SSSR count). The maximum atomic E-state index is 5.72. The average molecular weight is 125 g/mol. The molecule has 0 aromatic rings. The maximum absolute atomic E-state index is 5.72. The zero-order valence-electron chi connectivity index (χ0n) is 5.84. The van der Waals surface area contributed by atoms with Gasteiger partial charge in [-0.25, -0.2) is 0 Å². The van der Waals surface area contributed by atoms with Crippen molar-refractivity contribution in [3.63, 3.8) is 0 Å². The van der Waals surface area contributed by atoms with E-state index in [0.717, 1.165) is 0 Å². The van der Waals surface area contributed by atoms with Crippen LogP contribution in [0.25, 0.3) is 0 Å². The van der Waals surface area contributed by atoms with E-state index in [9.17, 15) is 0 Å². The zero-order chi connectivity index (χ0) is 6.53. The van der Waals surface area contributed by atoms with Gasteiger partial charge in [0, 0.05) is 6.04 Å². The molecule has 0 saturated carbocycles. The van der Waals surface area contributed by atoms with E-state index in [1.165, 1.54) is 32.1 Å². The molecule has 0 aliphatic heterocycles. The molecule has 0 bridgehead atoms. The van der Waals surface area contributed by atoms with Crippen LogP contribution >= 0.6 is 0 Å². The second kappa shape index (κ2) is 3.67. The highest BCUT2D eigenvalue weighted by Crippen LogP contribution is 2.09. The van der Waals surface area contributed by atoms with Crippen molar-refractivity contribution in [3.05, 3.63) is 12.2 Å². The van der Waals surface area contributed by atoms with Gasteiger partial charge in [0.25, 0.3) is 0 Å². The summed E-state index contributed by atoms with van der Waals surface area (Å²) in [5.41, 5.74) is 5.72. The molecule has 1 nitrogen and oxygen atoms in total. The molecule has 0 saturated heterocycles. The Hall–Kier alpha value is -0.300. The summed E-state index contributed by atoms with van der Waals surface area (Å²) in [6.45, 7) is 0. The van der Waals surface area contributed by atoms with Crippen molar-refractivity contribution >= 4 is 0 Å². The van der Waals surface area contributed by atoms with Crippen molar-refractivity contribution in [2.45, 2.75) is 38.1 Å². The van der Waals surface area contributed by atoms with Gasteiger partial charge in [0.15, 0.2) is 0 Å². The standard InChI is InChI=1S/C8H15N/c9-8-6-4-2-1-3-5-7-8/h4,6,8H,1-3,5,7,9H2/b6-4+/t8-/m1/s1. The number of hydrogen-bond acceptors (Lipinski definition) is 1. The van der Waals surface area contributed by atoms with Gasteiger partial charge >= 0.3 is 0 Å². The van der Waals surface area contributed by atoms with Gasteiger partial charge in [0.2, 0.25) is 0 Å².